The number of aromatic nitrogens is 2. The molecule has 2 aliphatic rings. The Kier molecular flexibility index (Phi) is 6.36. The molecule has 0 aromatic carbocycles. The van der Waals surface area contributed by atoms with E-state index in [-0.39, 0.29) is 0 Å². The summed E-state index contributed by atoms with van der Waals surface area (Å²) in [4.78, 5) is 22.9. The van der Waals surface area contributed by atoms with E-state index in [1.165, 1.54) is 31.5 Å². The van der Waals surface area contributed by atoms with Crippen molar-refractivity contribution in [3.63, 3.8) is 0 Å². The molecule has 2 aromatic rings. The fraction of sp³-hybridized carbons (Fsp3) is 0.450. The summed E-state index contributed by atoms with van der Waals surface area (Å²) >= 11 is 0. The average Bonchev–Trinajstić information content (AvgIpc) is 3.53. The Morgan fingerprint density at radius 1 is 1.07 bits per heavy atom. The zero-order valence-electron chi connectivity index (χ0n) is 16.1. The largest absolute Gasteiger partial charge is 0.490 e. The number of piperazine rings is 1. The van der Waals surface area contributed by atoms with Crippen LogP contribution in [0.5, 0.6) is 0 Å². The predicted octanol–water partition coefficient (Wildman–Crippen LogP) is 3.37. The fourth-order valence-corrected chi connectivity index (χ4v) is 3.22. The van der Waals surface area contributed by atoms with Crippen LogP contribution >= 0.6 is 0 Å². The number of pyridine rings is 2. The van der Waals surface area contributed by atoms with Crippen LogP contribution in [0.25, 0.3) is 11.1 Å². The van der Waals surface area contributed by atoms with Gasteiger partial charge in [-0.05, 0) is 49.6 Å². The number of hydrogen-bond donors (Lipinski definition) is 1. The van der Waals surface area contributed by atoms with Gasteiger partial charge in [0.2, 0.25) is 0 Å². The molecule has 0 bridgehead atoms. The number of anilines is 1. The zero-order chi connectivity index (χ0) is 21.0. The number of nitrogens with zero attached hydrogens (tertiary/aromatic N) is 4. The highest BCUT2D eigenvalue weighted by Gasteiger charge is 2.38. The molecule has 1 aliphatic carbocycles. The molecule has 29 heavy (non-hydrogen) atoms. The van der Waals surface area contributed by atoms with Crippen LogP contribution < -0.4 is 4.90 Å². The Balaban J connectivity index is 0.000000298. The molecule has 9 heteroatoms. The summed E-state index contributed by atoms with van der Waals surface area (Å²) in [5.41, 5.74) is 3.38. The van der Waals surface area contributed by atoms with Crippen molar-refractivity contribution in [3.8, 4) is 11.1 Å². The van der Waals surface area contributed by atoms with Crippen molar-refractivity contribution in [1.82, 2.24) is 14.9 Å². The van der Waals surface area contributed by atoms with Gasteiger partial charge in [0, 0.05) is 55.9 Å². The number of aliphatic carboxylic acids is 1. The molecule has 0 spiro atoms. The van der Waals surface area contributed by atoms with E-state index < -0.39 is 12.1 Å². The summed E-state index contributed by atoms with van der Waals surface area (Å²) in [5.74, 6) is -1.66. The topological polar surface area (TPSA) is 69.6 Å². The van der Waals surface area contributed by atoms with Crippen molar-refractivity contribution < 1.29 is 23.1 Å². The van der Waals surface area contributed by atoms with Crippen molar-refractivity contribution in [2.45, 2.75) is 32.0 Å². The minimum absolute atomic E-state index is 0.882. The molecular weight excluding hydrogens is 385 g/mol. The molecule has 2 fully saturated rings. The standard InChI is InChI=1S/C18H22N4.C2HF3O2/c1-14-12-15(6-7-19-14)16-2-5-18(20-13-16)22-10-8-21(9-11-22)17-3-4-17;3-2(4,5)1(6)7/h2,5-7,12-13,17H,3-4,8-11H2,1H3;(H,6,7). The molecule has 0 atom stereocenters. The highest BCUT2D eigenvalue weighted by molar-refractivity contribution is 5.73. The van der Waals surface area contributed by atoms with Crippen LogP contribution in [0, 0.1) is 6.92 Å². The van der Waals surface area contributed by atoms with E-state index in [2.05, 4.69) is 38.0 Å². The van der Waals surface area contributed by atoms with Gasteiger partial charge in [-0.1, -0.05) is 0 Å². The van der Waals surface area contributed by atoms with Crippen LogP contribution in [-0.4, -0.2) is 64.3 Å². The number of alkyl halides is 3. The molecule has 6 nitrogen and oxygen atoms in total. The van der Waals surface area contributed by atoms with Gasteiger partial charge in [-0.3, -0.25) is 9.88 Å². The quantitative estimate of drug-likeness (QED) is 0.840. The lowest BCUT2D eigenvalue weighted by Gasteiger charge is -2.35. The van der Waals surface area contributed by atoms with Gasteiger partial charge in [-0.2, -0.15) is 13.2 Å². The molecule has 1 saturated carbocycles. The Labute approximate surface area is 167 Å². The minimum Gasteiger partial charge on any atom is -0.475 e. The Morgan fingerprint density at radius 2 is 1.72 bits per heavy atom. The van der Waals surface area contributed by atoms with Crippen LogP contribution in [0.4, 0.5) is 19.0 Å². The number of aryl methyl sites for hydroxylation is 1. The van der Waals surface area contributed by atoms with Gasteiger partial charge < -0.3 is 10.0 Å². The monoisotopic (exact) mass is 408 g/mol. The second-order valence-corrected chi connectivity index (χ2v) is 7.15. The molecule has 0 amide bonds. The molecule has 0 radical (unpaired) electrons. The smallest absolute Gasteiger partial charge is 0.475 e. The summed E-state index contributed by atoms with van der Waals surface area (Å²) in [6, 6.07) is 9.35. The second-order valence-electron chi connectivity index (χ2n) is 7.15. The number of halogens is 3. The van der Waals surface area contributed by atoms with Crippen LogP contribution in [0.3, 0.4) is 0 Å². The first kappa shape index (κ1) is 21.0. The first-order valence-corrected chi connectivity index (χ1v) is 9.42. The highest BCUT2D eigenvalue weighted by atomic mass is 19.4. The Bertz CT molecular complexity index is 830. The zero-order valence-corrected chi connectivity index (χ0v) is 16.1. The molecule has 4 rings (SSSR count). The average molecular weight is 408 g/mol. The fourth-order valence-electron chi connectivity index (χ4n) is 3.22. The Hall–Kier alpha value is -2.68. The summed E-state index contributed by atoms with van der Waals surface area (Å²) in [6.07, 6.45) is 1.56. The number of carboxylic acid groups (broad SMARTS) is 1. The number of rotatable bonds is 3. The van der Waals surface area contributed by atoms with E-state index in [4.69, 9.17) is 9.90 Å². The van der Waals surface area contributed by atoms with E-state index in [9.17, 15) is 13.2 Å². The van der Waals surface area contributed by atoms with E-state index in [0.29, 0.717) is 0 Å². The lowest BCUT2D eigenvalue weighted by atomic mass is 10.1. The number of carboxylic acids is 1. The predicted molar refractivity (Wildman–Crippen MR) is 103 cm³/mol. The second kappa shape index (κ2) is 8.77. The van der Waals surface area contributed by atoms with Gasteiger partial charge in [-0.25, -0.2) is 9.78 Å². The van der Waals surface area contributed by atoms with Gasteiger partial charge in [-0.15, -0.1) is 0 Å². The summed E-state index contributed by atoms with van der Waals surface area (Å²) in [6.45, 7) is 6.56. The maximum Gasteiger partial charge on any atom is 0.490 e. The van der Waals surface area contributed by atoms with Crippen LogP contribution in [-0.2, 0) is 4.79 Å². The molecule has 1 aliphatic heterocycles. The van der Waals surface area contributed by atoms with Gasteiger partial charge in [0.1, 0.15) is 5.82 Å². The molecule has 1 saturated heterocycles. The van der Waals surface area contributed by atoms with Crippen LogP contribution in [0.1, 0.15) is 18.5 Å². The third-order valence-corrected chi connectivity index (χ3v) is 4.92. The molecule has 1 N–H and O–H groups in total. The minimum atomic E-state index is -5.08. The Morgan fingerprint density at radius 3 is 2.21 bits per heavy atom. The normalized spacial score (nSPS) is 17.4. The molecular formula is C20H23F3N4O2. The highest BCUT2D eigenvalue weighted by Crippen LogP contribution is 2.28. The third-order valence-electron chi connectivity index (χ3n) is 4.92. The van der Waals surface area contributed by atoms with Gasteiger partial charge in [0.15, 0.2) is 0 Å². The maximum absolute atomic E-state index is 10.6. The molecule has 156 valence electrons. The molecule has 2 aromatic heterocycles. The SMILES string of the molecule is Cc1cc(-c2ccc(N3CCN(C4CC4)CC3)nc2)ccn1.O=C(O)C(F)(F)F. The summed E-state index contributed by atoms with van der Waals surface area (Å²) < 4.78 is 31.7. The van der Waals surface area contributed by atoms with Crippen molar-refractivity contribution in [3.05, 3.63) is 42.4 Å². The van der Waals surface area contributed by atoms with Gasteiger partial charge in [0.25, 0.3) is 0 Å². The van der Waals surface area contributed by atoms with Crippen molar-refractivity contribution in [2.75, 3.05) is 31.1 Å². The van der Waals surface area contributed by atoms with Crippen LogP contribution in [0.2, 0.25) is 0 Å². The molecule has 0 unspecified atom stereocenters. The number of hydrogen-bond acceptors (Lipinski definition) is 5. The van der Waals surface area contributed by atoms with Crippen LogP contribution in [0.15, 0.2) is 36.7 Å². The third kappa shape index (κ3) is 5.90. The summed E-state index contributed by atoms with van der Waals surface area (Å²) in [7, 11) is 0. The van der Waals surface area contributed by atoms with Gasteiger partial charge >= 0.3 is 12.1 Å². The van der Waals surface area contributed by atoms with Gasteiger partial charge in [0.05, 0.1) is 0 Å². The molecule has 3 heterocycles. The van der Waals surface area contributed by atoms with E-state index >= 15 is 0 Å². The van der Waals surface area contributed by atoms with E-state index in [0.717, 1.165) is 36.2 Å². The van der Waals surface area contributed by atoms with E-state index in [1.807, 2.05) is 25.4 Å². The van der Waals surface area contributed by atoms with Crippen molar-refractivity contribution in [1.29, 1.82) is 0 Å². The number of carbonyl (C=O) groups is 1. The van der Waals surface area contributed by atoms with E-state index in [1.54, 1.807) is 0 Å². The lowest BCUT2D eigenvalue weighted by Crippen LogP contribution is -2.47. The lowest BCUT2D eigenvalue weighted by molar-refractivity contribution is -0.192. The maximum atomic E-state index is 10.6. The van der Waals surface area contributed by atoms with Crippen molar-refractivity contribution in [2.24, 2.45) is 0 Å². The first-order chi connectivity index (χ1) is 13.7. The summed E-state index contributed by atoms with van der Waals surface area (Å²) in [5, 5.41) is 7.12. The van der Waals surface area contributed by atoms with Crippen molar-refractivity contribution >= 4 is 11.8 Å². The first-order valence-electron chi connectivity index (χ1n) is 9.42.